The van der Waals surface area contributed by atoms with Crippen molar-refractivity contribution in [2.45, 2.75) is 32.3 Å². The van der Waals surface area contributed by atoms with Crippen molar-refractivity contribution in [2.24, 2.45) is 0 Å². The molecule has 1 heterocycles. The van der Waals surface area contributed by atoms with Gasteiger partial charge in [0.1, 0.15) is 5.60 Å². The Morgan fingerprint density at radius 3 is 2.42 bits per heavy atom. The lowest BCUT2D eigenvalue weighted by Gasteiger charge is -2.38. The topological polar surface area (TPSA) is 70.7 Å². The zero-order chi connectivity index (χ0) is 14.3. The number of hydrogen-bond acceptors (Lipinski definition) is 4. The van der Waals surface area contributed by atoms with Crippen LogP contribution in [0.15, 0.2) is 0 Å². The van der Waals surface area contributed by atoms with Crippen LogP contribution in [0.4, 0.5) is 0 Å². The molecule has 6 heteroatoms. The van der Waals surface area contributed by atoms with Gasteiger partial charge in [0.15, 0.2) is 0 Å². The maximum Gasteiger partial charge on any atom is 0.255 e. The molecule has 0 aromatic heterocycles. The summed E-state index contributed by atoms with van der Waals surface area (Å²) in [6.45, 7) is 6.44. The van der Waals surface area contributed by atoms with Crippen LogP contribution in [0.2, 0.25) is 0 Å². The van der Waals surface area contributed by atoms with Crippen molar-refractivity contribution in [3.05, 3.63) is 0 Å². The van der Waals surface area contributed by atoms with E-state index in [2.05, 4.69) is 10.6 Å². The van der Waals surface area contributed by atoms with Crippen LogP contribution in [0.1, 0.15) is 26.7 Å². The zero-order valence-corrected chi connectivity index (χ0v) is 12.1. The highest BCUT2D eigenvalue weighted by molar-refractivity contribution is 5.89. The Hall–Kier alpha value is -1.14. The number of piperidine rings is 1. The van der Waals surface area contributed by atoms with Gasteiger partial charge >= 0.3 is 0 Å². The first kappa shape index (κ1) is 15.9. The zero-order valence-electron chi connectivity index (χ0n) is 12.1. The SMILES string of the molecule is CCNC(=O)CN(CC)C(=O)C1(OC)CCNCC1. The van der Waals surface area contributed by atoms with Crippen molar-refractivity contribution in [3.63, 3.8) is 0 Å². The number of likely N-dealkylation sites (N-methyl/N-ethyl adjacent to an activating group) is 2. The van der Waals surface area contributed by atoms with Crippen LogP contribution < -0.4 is 10.6 Å². The molecule has 1 aliphatic heterocycles. The average Bonchev–Trinajstić information content (AvgIpc) is 2.45. The monoisotopic (exact) mass is 271 g/mol. The molecule has 1 saturated heterocycles. The van der Waals surface area contributed by atoms with Gasteiger partial charge in [-0.3, -0.25) is 9.59 Å². The number of nitrogens with one attached hydrogen (secondary N) is 2. The van der Waals surface area contributed by atoms with Crippen molar-refractivity contribution in [2.75, 3.05) is 39.8 Å². The Labute approximate surface area is 114 Å². The van der Waals surface area contributed by atoms with E-state index in [1.807, 2.05) is 13.8 Å². The van der Waals surface area contributed by atoms with E-state index in [0.29, 0.717) is 25.9 Å². The van der Waals surface area contributed by atoms with Gasteiger partial charge in [-0.15, -0.1) is 0 Å². The molecule has 2 amide bonds. The summed E-state index contributed by atoms with van der Waals surface area (Å²) >= 11 is 0. The molecule has 1 rings (SSSR count). The molecule has 6 nitrogen and oxygen atoms in total. The first-order valence-electron chi connectivity index (χ1n) is 6.91. The van der Waals surface area contributed by atoms with E-state index in [9.17, 15) is 9.59 Å². The van der Waals surface area contributed by atoms with Crippen LogP contribution >= 0.6 is 0 Å². The second-order valence-corrected chi connectivity index (χ2v) is 4.72. The molecular weight excluding hydrogens is 246 g/mol. The minimum absolute atomic E-state index is 0.0785. The summed E-state index contributed by atoms with van der Waals surface area (Å²) in [4.78, 5) is 25.8. The Morgan fingerprint density at radius 2 is 1.95 bits per heavy atom. The Kier molecular flexibility index (Phi) is 6.24. The Morgan fingerprint density at radius 1 is 1.32 bits per heavy atom. The number of methoxy groups -OCH3 is 1. The standard InChI is InChI=1S/C13H25N3O3/c1-4-15-11(17)10-16(5-2)12(18)13(19-3)6-8-14-9-7-13/h14H,4-10H2,1-3H3,(H,15,17). The van der Waals surface area contributed by atoms with E-state index in [-0.39, 0.29) is 18.4 Å². The lowest BCUT2D eigenvalue weighted by Crippen LogP contribution is -2.56. The molecule has 0 saturated carbocycles. The highest BCUT2D eigenvalue weighted by atomic mass is 16.5. The lowest BCUT2D eigenvalue weighted by molar-refractivity contribution is -0.159. The number of nitrogens with zero attached hydrogens (tertiary/aromatic N) is 1. The predicted molar refractivity (Wildman–Crippen MR) is 72.8 cm³/mol. The third kappa shape index (κ3) is 3.91. The van der Waals surface area contributed by atoms with Gasteiger partial charge in [-0.2, -0.15) is 0 Å². The lowest BCUT2D eigenvalue weighted by atomic mass is 9.90. The third-order valence-electron chi connectivity index (χ3n) is 3.57. The molecule has 1 fully saturated rings. The maximum absolute atomic E-state index is 12.6. The molecule has 0 aliphatic carbocycles. The summed E-state index contributed by atoms with van der Waals surface area (Å²) in [7, 11) is 1.57. The van der Waals surface area contributed by atoms with Gasteiger partial charge in [-0.05, 0) is 39.8 Å². The van der Waals surface area contributed by atoms with Crippen molar-refractivity contribution in [3.8, 4) is 0 Å². The van der Waals surface area contributed by atoms with Gasteiger partial charge in [0, 0.05) is 20.2 Å². The average molecular weight is 271 g/mol. The van der Waals surface area contributed by atoms with E-state index < -0.39 is 5.60 Å². The molecular formula is C13H25N3O3. The summed E-state index contributed by atoms with van der Waals surface area (Å²) in [5.74, 6) is -0.205. The van der Waals surface area contributed by atoms with Gasteiger partial charge in [0.2, 0.25) is 5.91 Å². The van der Waals surface area contributed by atoms with Crippen LogP contribution in [0.3, 0.4) is 0 Å². The van der Waals surface area contributed by atoms with Crippen LogP contribution in [-0.2, 0) is 14.3 Å². The van der Waals surface area contributed by atoms with Crippen molar-refractivity contribution >= 4 is 11.8 Å². The van der Waals surface area contributed by atoms with Gasteiger partial charge < -0.3 is 20.3 Å². The number of carbonyl (C=O) groups excluding carboxylic acids is 2. The van der Waals surface area contributed by atoms with Crippen LogP contribution in [-0.4, -0.2) is 62.1 Å². The number of rotatable bonds is 6. The van der Waals surface area contributed by atoms with Crippen LogP contribution in [0.5, 0.6) is 0 Å². The molecule has 110 valence electrons. The molecule has 1 aliphatic rings. The number of hydrogen-bond donors (Lipinski definition) is 2. The van der Waals surface area contributed by atoms with Crippen molar-refractivity contribution in [1.82, 2.24) is 15.5 Å². The van der Waals surface area contributed by atoms with Gasteiger partial charge in [-0.25, -0.2) is 0 Å². The quantitative estimate of drug-likeness (QED) is 0.698. The number of carbonyl (C=O) groups is 2. The van der Waals surface area contributed by atoms with E-state index in [1.54, 1.807) is 12.0 Å². The smallest absolute Gasteiger partial charge is 0.255 e. The highest BCUT2D eigenvalue weighted by Gasteiger charge is 2.42. The molecule has 0 atom stereocenters. The normalized spacial score (nSPS) is 17.8. The van der Waals surface area contributed by atoms with E-state index in [4.69, 9.17) is 4.74 Å². The molecule has 0 aromatic rings. The third-order valence-corrected chi connectivity index (χ3v) is 3.57. The summed E-state index contributed by atoms with van der Waals surface area (Å²) in [6.07, 6.45) is 1.29. The maximum atomic E-state index is 12.6. The summed E-state index contributed by atoms with van der Waals surface area (Å²) in [6, 6.07) is 0. The molecule has 0 unspecified atom stereocenters. The van der Waals surface area contributed by atoms with Gasteiger partial charge in [-0.1, -0.05) is 0 Å². The van der Waals surface area contributed by atoms with Gasteiger partial charge in [0.05, 0.1) is 6.54 Å². The Balaban J connectivity index is 2.72. The summed E-state index contributed by atoms with van der Waals surface area (Å²) < 4.78 is 5.50. The fourth-order valence-electron chi connectivity index (χ4n) is 2.38. The van der Waals surface area contributed by atoms with Crippen molar-refractivity contribution < 1.29 is 14.3 Å². The minimum Gasteiger partial charge on any atom is -0.368 e. The van der Waals surface area contributed by atoms with Crippen LogP contribution in [0, 0.1) is 0 Å². The molecule has 0 aromatic carbocycles. The first-order chi connectivity index (χ1) is 9.09. The Bertz CT molecular complexity index is 314. The van der Waals surface area contributed by atoms with Crippen LogP contribution in [0.25, 0.3) is 0 Å². The summed E-state index contributed by atoms with van der Waals surface area (Å²) in [5.41, 5.74) is -0.770. The number of amides is 2. The molecule has 0 radical (unpaired) electrons. The fraction of sp³-hybridized carbons (Fsp3) is 0.846. The molecule has 19 heavy (non-hydrogen) atoms. The molecule has 0 spiro atoms. The van der Waals surface area contributed by atoms with E-state index in [0.717, 1.165) is 13.1 Å². The fourth-order valence-corrected chi connectivity index (χ4v) is 2.38. The molecule has 2 N–H and O–H groups in total. The predicted octanol–water partition coefficient (Wildman–Crippen LogP) is -0.260. The first-order valence-corrected chi connectivity index (χ1v) is 6.91. The molecule has 0 bridgehead atoms. The second kappa shape index (κ2) is 7.45. The minimum atomic E-state index is -0.770. The highest BCUT2D eigenvalue weighted by Crippen LogP contribution is 2.25. The van der Waals surface area contributed by atoms with E-state index >= 15 is 0 Å². The van der Waals surface area contributed by atoms with Gasteiger partial charge in [0.25, 0.3) is 5.91 Å². The second-order valence-electron chi connectivity index (χ2n) is 4.72. The summed E-state index contributed by atoms with van der Waals surface area (Å²) in [5, 5.41) is 5.93. The van der Waals surface area contributed by atoms with Crippen molar-refractivity contribution in [1.29, 1.82) is 0 Å². The van der Waals surface area contributed by atoms with E-state index in [1.165, 1.54) is 0 Å². The number of ether oxygens (including phenoxy) is 1. The largest absolute Gasteiger partial charge is 0.368 e.